The number of imidazole rings is 1. The average Bonchev–Trinajstić information content (AvgIpc) is 3.45. The number of benzene rings is 1. The van der Waals surface area contributed by atoms with Gasteiger partial charge in [-0.1, -0.05) is 19.1 Å². The molecule has 1 N–H and O–H groups in total. The highest BCUT2D eigenvalue weighted by Crippen LogP contribution is 2.35. The van der Waals surface area contributed by atoms with Crippen molar-refractivity contribution in [3.63, 3.8) is 0 Å². The van der Waals surface area contributed by atoms with E-state index in [1.807, 2.05) is 4.90 Å². The van der Waals surface area contributed by atoms with E-state index in [4.69, 9.17) is 14.7 Å². The minimum Gasteiger partial charge on any atom is -0.462 e. The standard InChI is InChI=1S/C29H38N8O2/c1-3-25(38)35-13-15-36(16-14-35)28-22-9-12-37(27-21(2)7-8-23-26(27)31-20-30-23)19-24(22)32-29(33-28)39-18-17-34-10-5-4-6-11-34/h3,7-8,20H,1,4-6,9-19H2,2H3,(H,30,31). The number of aryl methyl sites for hydroxylation is 1. The number of carbonyl (C=O) groups is 1. The number of H-pyrrole nitrogens is 1. The number of anilines is 2. The van der Waals surface area contributed by atoms with Crippen LogP contribution in [0.2, 0.25) is 0 Å². The molecule has 0 unspecified atom stereocenters. The maximum atomic E-state index is 12.1. The molecule has 5 heterocycles. The van der Waals surface area contributed by atoms with Gasteiger partial charge in [-0.15, -0.1) is 0 Å². The molecule has 0 spiro atoms. The summed E-state index contributed by atoms with van der Waals surface area (Å²) in [6.07, 6.45) is 7.84. The summed E-state index contributed by atoms with van der Waals surface area (Å²) < 4.78 is 6.20. The van der Waals surface area contributed by atoms with E-state index in [9.17, 15) is 4.79 Å². The van der Waals surface area contributed by atoms with Crippen molar-refractivity contribution in [1.82, 2.24) is 29.7 Å². The number of fused-ring (bicyclic) bond motifs is 2. The van der Waals surface area contributed by atoms with Crippen molar-refractivity contribution in [3.05, 3.63) is 47.9 Å². The topological polar surface area (TPSA) is 93.7 Å². The highest BCUT2D eigenvalue weighted by Gasteiger charge is 2.29. The number of nitrogens with one attached hydrogen (secondary N) is 1. The second-order valence-corrected chi connectivity index (χ2v) is 10.7. The summed E-state index contributed by atoms with van der Waals surface area (Å²) in [7, 11) is 0. The van der Waals surface area contributed by atoms with Gasteiger partial charge in [-0.25, -0.2) is 4.98 Å². The van der Waals surface area contributed by atoms with E-state index in [0.29, 0.717) is 32.3 Å². The number of aromatic nitrogens is 4. The smallest absolute Gasteiger partial charge is 0.318 e. The first-order chi connectivity index (χ1) is 19.1. The van der Waals surface area contributed by atoms with E-state index in [1.165, 1.54) is 36.5 Å². The molecule has 3 aliphatic heterocycles. The van der Waals surface area contributed by atoms with Gasteiger partial charge in [0.15, 0.2) is 0 Å². The lowest BCUT2D eigenvalue weighted by Crippen LogP contribution is -2.49. The van der Waals surface area contributed by atoms with Crippen LogP contribution >= 0.6 is 0 Å². The zero-order valence-corrected chi connectivity index (χ0v) is 22.9. The highest BCUT2D eigenvalue weighted by atomic mass is 16.5. The number of likely N-dealkylation sites (tertiary alicyclic amines) is 1. The quantitative estimate of drug-likeness (QED) is 0.466. The number of ether oxygens (including phenoxy) is 1. The molecule has 2 fully saturated rings. The van der Waals surface area contributed by atoms with Crippen molar-refractivity contribution in [2.24, 2.45) is 0 Å². The Morgan fingerprint density at radius 3 is 2.67 bits per heavy atom. The Labute approximate surface area is 229 Å². The Bertz CT molecular complexity index is 1340. The van der Waals surface area contributed by atoms with E-state index in [2.05, 4.69) is 50.3 Å². The zero-order chi connectivity index (χ0) is 26.8. The molecular weight excluding hydrogens is 492 g/mol. The van der Waals surface area contributed by atoms with Gasteiger partial charge in [0.1, 0.15) is 17.9 Å². The van der Waals surface area contributed by atoms with Crippen molar-refractivity contribution in [3.8, 4) is 6.01 Å². The monoisotopic (exact) mass is 530 g/mol. The van der Waals surface area contributed by atoms with Crippen LogP contribution in [-0.2, 0) is 17.8 Å². The van der Waals surface area contributed by atoms with Crippen LogP contribution < -0.4 is 14.5 Å². The van der Waals surface area contributed by atoms with Crippen molar-refractivity contribution in [2.45, 2.75) is 39.2 Å². The third kappa shape index (κ3) is 5.30. The summed E-state index contributed by atoms with van der Waals surface area (Å²) in [5, 5.41) is 0. The molecule has 10 nitrogen and oxygen atoms in total. The zero-order valence-electron chi connectivity index (χ0n) is 22.9. The Morgan fingerprint density at radius 1 is 1.05 bits per heavy atom. The summed E-state index contributed by atoms with van der Waals surface area (Å²) in [6.45, 7) is 13.8. The van der Waals surface area contributed by atoms with Crippen LogP contribution in [0.25, 0.3) is 11.0 Å². The fourth-order valence-electron chi connectivity index (χ4n) is 6.12. The molecule has 39 heavy (non-hydrogen) atoms. The first kappa shape index (κ1) is 25.6. The average molecular weight is 531 g/mol. The van der Waals surface area contributed by atoms with Crippen LogP contribution in [0.3, 0.4) is 0 Å². The third-order valence-electron chi connectivity index (χ3n) is 8.26. The van der Waals surface area contributed by atoms with Crippen LogP contribution in [0, 0.1) is 6.92 Å². The molecule has 0 saturated carbocycles. The van der Waals surface area contributed by atoms with Gasteiger partial charge in [0, 0.05) is 44.8 Å². The predicted molar refractivity (Wildman–Crippen MR) is 152 cm³/mol. The number of rotatable bonds is 7. The Kier molecular flexibility index (Phi) is 7.36. The van der Waals surface area contributed by atoms with Crippen molar-refractivity contribution < 1.29 is 9.53 Å². The molecular formula is C29H38N8O2. The van der Waals surface area contributed by atoms with Gasteiger partial charge < -0.3 is 24.4 Å². The van der Waals surface area contributed by atoms with E-state index in [0.717, 1.165) is 73.9 Å². The second-order valence-electron chi connectivity index (χ2n) is 10.7. The molecule has 0 atom stereocenters. The number of hydrogen-bond acceptors (Lipinski definition) is 8. The number of nitrogens with zero attached hydrogens (tertiary/aromatic N) is 7. The van der Waals surface area contributed by atoms with Crippen molar-refractivity contribution in [2.75, 3.05) is 68.8 Å². The Balaban J connectivity index is 1.27. The molecule has 1 amide bonds. The predicted octanol–water partition coefficient (Wildman–Crippen LogP) is 2.92. The number of carbonyl (C=O) groups excluding carboxylic acids is 1. The van der Waals surface area contributed by atoms with E-state index >= 15 is 0 Å². The fourth-order valence-corrected chi connectivity index (χ4v) is 6.12. The van der Waals surface area contributed by atoms with Gasteiger partial charge in [-0.3, -0.25) is 9.69 Å². The summed E-state index contributed by atoms with van der Waals surface area (Å²) in [5.41, 5.74) is 6.59. The van der Waals surface area contributed by atoms with E-state index < -0.39 is 0 Å². The lowest BCUT2D eigenvalue weighted by Gasteiger charge is -2.38. The third-order valence-corrected chi connectivity index (χ3v) is 8.26. The molecule has 3 aliphatic rings. The summed E-state index contributed by atoms with van der Waals surface area (Å²) in [6, 6.07) is 4.68. The van der Waals surface area contributed by atoms with Crippen LogP contribution in [0.4, 0.5) is 11.5 Å². The lowest BCUT2D eigenvalue weighted by molar-refractivity contribution is -0.126. The summed E-state index contributed by atoms with van der Waals surface area (Å²) in [4.78, 5) is 38.9. The van der Waals surface area contributed by atoms with Crippen LogP contribution in [0.1, 0.15) is 36.1 Å². The first-order valence-electron chi connectivity index (χ1n) is 14.2. The SMILES string of the molecule is C=CC(=O)N1CCN(c2nc(OCCN3CCCCC3)nc3c2CCN(c2c(C)ccc4[nH]cnc24)C3)CC1. The molecule has 0 bridgehead atoms. The van der Waals surface area contributed by atoms with Gasteiger partial charge in [-0.05, 0) is 57.0 Å². The van der Waals surface area contributed by atoms with E-state index in [1.54, 1.807) is 6.33 Å². The molecule has 206 valence electrons. The summed E-state index contributed by atoms with van der Waals surface area (Å²) >= 11 is 0. The van der Waals surface area contributed by atoms with Gasteiger partial charge in [0.25, 0.3) is 0 Å². The molecule has 2 aromatic heterocycles. The van der Waals surface area contributed by atoms with Crippen LogP contribution in [0.5, 0.6) is 6.01 Å². The van der Waals surface area contributed by atoms with Crippen molar-refractivity contribution >= 4 is 28.4 Å². The largest absolute Gasteiger partial charge is 0.462 e. The van der Waals surface area contributed by atoms with Gasteiger partial charge in [0.2, 0.25) is 5.91 Å². The number of amides is 1. The van der Waals surface area contributed by atoms with E-state index in [-0.39, 0.29) is 5.91 Å². The van der Waals surface area contributed by atoms with Crippen molar-refractivity contribution in [1.29, 1.82) is 0 Å². The van der Waals surface area contributed by atoms with Crippen LogP contribution in [-0.4, -0.2) is 94.6 Å². The fraction of sp³-hybridized carbons (Fsp3) is 0.517. The Morgan fingerprint density at radius 2 is 1.87 bits per heavy atom. The molecule has 2 saturated heterocycles. The minimum absolute atomic E-state index is 0.0142. The maximum Gasteiger partial charge on any atom is 0.318 e. The highest BCUT2D eigenvalue weighted by molar-refractivity contribution is 5.90. The normalized spacial score (nSPS) is 18.3. The molecule has 6 rings (SSSR count). The maximum absolute atomic E-state index is 12.1. The van der Waals surface area contributed by atoms with Crippen LogP contribution in [0.15, 0.2) is 31.1 Å². The minimum atomic E-state index is -0.0142. The number of hydrogen-bond donors (Lipinski definition) is 1. The first-order valence-corrected chi connectivity index (χ1v) is 14.2. The second kappa shape index (κ2) is 11.2. The molecule has 3 aromatic rings. The lowest BCUT2D eigenvalue weighted by atomic mass is 10.0. The van der Waals surface area contributed by atoms with Gasteiger partial charge in [0.05, 0.1) is 29.8 Å². The van der Waals surface area contributed by atoms with Gasteiger partial charge >= 0.3 is 6.01 Å². The molecule has 1 aromatic carbocycles. The number of piperidine rings is 1. The number of piperazine rings is 1. The number of aromatic amines is 1. The molecule has 0 aliphatic carbocycles. The van der Waals surface area contributed by atoms with Gasteiger partial charge in [-0.2, -0.15) is 9.97 Å². The molecule has 10 heteroatoms. The summed E-state index contributed by atoms with van der Waals surface area (Å²) in [5.74, 6) is 0.938. The molecule has 0 radical (unpaired) electrons. The Hall–Kier alpha value is -3.66.